The molecule has 6 rings (SSSR count). The molecule has 3 amide bonds. The van der Waals surface area contributed by atoms with E-state index >= 15 is 0 Å². The van der Waals surface area contributed by atoms with Crippen LogP contribution in [0, 0.1) is 0 Å². The highest BCUT2D eigenvalue weighted by atomic mass is 32.1. The summed E-state index contributed by atoms with van der Waals surface area (Å²) in [6.45, 7) is 1.64. The molecular weight excluding hydrogens is 617 g/mol. The second kappa shape index (κ2) is 13.0. The average Bonchev–Trinajstić information content (AvgIpc) is 3.58. The van der Waals surface area contributed by atoms with Crippen molar-refractivity contribution in [3.05, 3.63) is 106 Å². The van der Waals surface area contributed by atoms with Crippen LogP contribution in [0.1, 0.15) is 61.8 Å². The SMILES string of the molecule is COc1ccc(C2C(=O)NCCN2C(=O)c2csc(C3CCN(C(=O)c4ccccc4-c4ccc(C(F)(F)F)cc4)CC3)n2)cc1. The van der Waals surface area contributed by atoms with Crippen LogP contribution in [-0.2, 0) is 11.0 Å². The Morgan fingerprint density at radius 3 is 2.30 bits per heavy atom. The molecule has 12 heteroatoms. The Labute approximate surface area is 267 Å². The normalized spacial score (nSPS) is 17.5. The van der Waals surface area contributed by atoms with Gasteiger partial charge in [0.15, 0.2) is 0 Å². The lowest BCUT2D eigenvalue weighted by atomic mass is 9.94. The van der Waals surface area contributed by atoms with Crippen LogP contribution in [0.25, 0.3) is 11.1 Å². The Hall–Kier alpha value is -4.71. The number of nitrogens with one attached hydrogen (secondary N) is 1. The predicted octanol–water partition coefficient (Wildman–Crippen LogP) is 6.17. The molecule has 0 bridgehead atoms. The number of hydrogen-bond donors (Lipinski definition) is 1. The molecule has 3 heterocycles. The number of amides is 3. The maximum atomic E-state index is 13.6. The van der Waals surface area contributed by atoms with Crippen LogP contribution in [0.2, 0.25) is 0 Å². The van der Waals surface area contributed by atoms with Crippen molar-refractivity contribution in [2.75, 3.05) is 33.3 Å². The van der Waals surface area contributed by atoms with Crippen LogP contribution in [0.4, 0.5) is 13.2 Å². The van der Waals surface area contributed by atoms with Gasteiger partial charge in [0.2, 0.25) is 5.91 Å². The van der Waals surface area contributed by atoms with Gasteiger partial charge in [0.25, 0.3) is 11.8 Å². The summed E-state index contributed by atoms with van der Waals surface area (Å²) in [7, 11) is 1.56. The smallest absolute Gasteiger partial charge is 0.416 e. The van der Waals surface area contributed by atoms with Crippen molar-refractivity contribution >= 4 is 29.1 Å². The van der Waals surface area contributed by atoms with E-state index in [0.29, 0.717) is 67.0 Å². The van der Waals surface area contributed by atoms with E-state index in [2.05, 4.69) is 10.3 Å². The number of piperidine rings is 1. The molecule has 2 aliphatic rings. The number of ether oxygens (including phenoxy) is 1. The first-order chi connectivity index (χ1) is 22.1. The van der Waals surface area contributed by atoms with Gasteiger partial charge in [-0.3, -0.25) is 14.4 Å². The highest BCUT2D eigenvalue weighted by Crippen LogP contribution is 2.35. The zero-order valence-corrected chi connectivity index (χ0v) is 25.7. The Morgan fingerprint density at radius 2 is 1.63 bits per heavy atom. The van der Waals surface area contributed by atoms with Gasteiger partial charge in [0.05, 0.1) is 17.7 Å². The first-order valence-corrected chi connectivity index (χ1v) is 15.8. The third-order valence-corrected chi connectivity index (χ3v) is 9.46. The number of carbonyl (C=O) groups is 3. The lowest BCUT2D eigenvalue weighted by Crippen LogP contribution is -2.52. The van der Waals surface area contributed by atoms with Crippen molar-refractivity contribution < 1.29 is 32.3 Å². The van der Waals surface area contributed by atoms with Gasteiger partial charge in [-0.1, -0.05) is 42.5 Å². The van der Waals surface area contributed by atoms with E-state index in [0.717, 1.165) is 17.1 Å². The summed E-state index contributed by atoms with van der Waals surface area (Å²) >= 11 is 1.40. The summed E-state index contributed by atoms with van der Waals surface area (Å²) in [6, 6.07) is 18.0. The monoisotopic (exact) mass is 648 g/mol. The van der Waals surface area contributed by atoms with E-state index < -0.39 is 17.8 Å². The topological polar surface area (TPSA) is 91.8 Å². The standard InChI is InChI=1S/C34H31F3N4O4S/c1-45-25-12-8-22(9-13-25)29-30(42)38-16-19-41(29)33(44)28-20-46-31(39-28)23-14-17-40(18-15-23)32(43)27-5-3-2-4-26(27)21-6-10-24(11-7-21)34(35,36)37/h2-13,20,23,29H,14-19H2,1H3,(H,38,42). The third kappa shape index (κ3) is 6.34. The first-order valence-electron chi connectivity index (χ1n) is 14.9. The molecule has 0 saturated carbocycles. The summed E-state index contributed by atoms with van der Waals surface area (Å²) in [6.07, 6.45) is -3.14. The highest BCUT2D eigenvalue weighted by Gasteiger charge is 2.36. The number of benzene rings is 3. The quantitative estimate of drug-likeness (QED) is 0.270. The number of aromatic nitrogens is 1. The number of alkyl halides is 3. The van der Waals surface area contributed by atoms with Crippen molar-refractivity contribution in [3.8, 4) is 16.9 Å². The van der Waals surface area contributed by atoms with E-state index in [4.69, 9.17) is 4.74 Å². The number of rotatable bonds is 6. The van der Waals surface area contributed by atoms with Crippen molar-refractivity contribution in [3.63, 3.8) is 0 Å². The molecule has 2 fully saturated rings. The van der Waals surface area contributed by atoms with Gasteiger partial charge in [-0.05, 0) is 59.9 Å². The summed E-state index contributed by atoms with van der Waals surface area (Å²) < 4.78 is 44.4. The number of hydrogen-bond acceptors (Lipinski definition) is 6. The Bertz CT molecular complexity index is 1730. The van der Waals surface area contributed by atoms with Crippen LogP contribution in [-0.4, -0.2) is 65.8 Å². The minimum atomic E-state index is -4.44. The molecule has 1 N–H and O–H groups in total. The van der Waals surface area contributed by atoms with E-state index in [1.54, 1.807) is 70.8 Å². The summed E-state index contributed by atoms with van der Waals surface area (Å²) in [5, 5.41) is 5.38. The molecule has 2 saturated heterocycles. The van der Waals surface area contributed by atoms with Gasteiger partial charge in [0.1, 0.15) is 17.5 Å². The lowest BCUT2D eigenvalue weighted by Gasteiger charge is -2.35. The van der Waals surface area contributed by atoms with Crippen molar-refractivity contribution in [2.45, 2.75) is 31.0 Å². The van der Waals surface area contributed by atoms with E-state index in [1.165, 1.54) is 23.5 Å². The molecule has 8 nitrogen and oxygen atoms in total. The molecule has 0 spiro atoms. The maximum Gasteiger partial charge on any atom is 0.416 e. The minimum Gasteiger partial charge on any atom is -0.497 e. The number of halogens is 3. The fourth-order valence-electron chi connectivity index (χ4n) is 5.98. The molecule has 0 radical (unpaired) electrons. The van der Waals surface area contributed by atoms with Crippen molar-refractivity contribution in [1.29, 1.82) is 0 Å². The first kappa shape index (κ1) is 31.3. The summed E-state index contributed by atoms with van der Waals surface area (Å²) in [5.41, 5.74) is 1.77. The molecule has 0 aliphatic carbocycles. The van der Waals surface area contributed by atoms with Crippen molar-refractivity contribution in [1.82, 2.24) is 20.1 Å². The Kier molecular flexibility index (Phi) is 8.81. The molecule has 46 heavy (non-hydrogen) atoms. The van der Waals surface area contributed by atoms with Crippen molar-refractivity contribution in [2.24, 2.45) is 0 Å². The van der Waals surface area contributed by atoms with Crippen LogP contribution in [0.5, 0.6) is 5.75 Å². The van der Waals surface area contributed by atoms with Gasteiger partial charge in [0, 0.05) is 43.0 Å². The van der Waals surface area contributed by atoms with Gasteiger partial charge < -0.3 is 19.9 Å². The largest absolute Gasteiger partial charge is 0.497 e. The Balaban J connectivity index is 1.12. The van der Waals surface area contributed by atoms with E-state index in [1.807, 2.05) is 0 Å². The fraction of sp³-hybridized carbons (Fsp3) is 0.294. The Morgan fingerprint density at radius 1 is 0.935 bits per heavy atom. The van der Waals surface area contributed by atoms with Crippen LogP contribution in [0.15, 0.2) is 78.2 Å². The lowest BCUT2D eigenvalue weighted by molar-refractivity contribution is -0.137. The second-order valence-electron chi connectivity index (χ2n) is 11.2. The average molecular weight is 649 g/mol. The zero-order valence-electron chi connectivity index (χ0n) is 24.9. The van der Waals surface area contributed by atoms with E-state index in [-0.39, 0.29) is 29.3 Å². The number of methoxy groups -OCH3 is 1. The van der Waals surface area contributed by atoms with Crippen LogP contribution in [0.3, 0.4) is 0 Å². The maximum absolute atomic E-state index is 13.6. The number of likely N-dealkylation sites (tertiary alicyclic amines) is 1. The minimum absolute atomic E-state index is 0.0581. The van der Waals surface area contributed by atoms with Crippen LogP contribution < -0.4 is 10.1 Å². The molecule has 4 aromatic rings. The predicted molar refractivity (Wildman–Crippen MR) is 167 cm³/mol. The van der Waals surface area contributed by atoms with Gasteiger partial charge >= 0.3 is 6.18 Å². The highest BCUT2D eigenvalue weighted by molar-refractivity contribution is 7.09. The molecule has 2 aliphatic heterocycles. The third-order valence-electron chi connectivity index (χ3n) is 8.46. The molecule has 1 atom stereocenters. The number of carbonyl (C=O) groups excluding carboxylic acids is 3. The summed E-state index contributed by atoms with van der Waals surface area (Å²) in [5.74, 6) is -0.0411. The molecule has 238 valence electrons. The van der Waals surface area contributed by atoms with E-state index in [9.17, 15) is 27.6 Å². The molecular formula is C34H31F3N4O4S. The molecule has 1 unspecified atom stereocenters. The van der Waals surface area contributed by atoms with Gasteiger partial charge in [-0.25, -0.2) is 4.98 Å². The second-order valence-corrected chi connectivity index (χ2v) is 12.1. The molecule has 1 aromatic heterocycles. The van der Waals surface area contributed by atoms with Gasteiger partial charge in [-0.15, -0.1) is 11.3 Å². The van der Waals surface area contributed by atoms with Gasteiger partial charge in [-0.2, -0.15) is 13.2 Å². The summed E-state index contributed by atoms with van der Waals surface area (Å²) in [4.78, 5) is 48.1. The number of nitrogens with zero attached hydrogens (tertiary/aromatic N) is 3. The number of thiazole rings is 1. The fourth-order valence-corrected chi connectivity index (χ4v) is 6.95. The van der Waals surface area contributed by atoms with Crippen LogP contribution >= 0.6 is 11.3 Å². The molecule has 3 aromatic carbocycles. The number of piperazine rings is 1. The zero-order chi connectivity index (χ0) is 32.4.